The Morgan fingerprint density at radius 1 is 0.367 bits per heavy atom. The van der Waals surface area contributed by atoms with Gasteiger partial charge < -0.3 is 0 Å². The molecule has 5 aromatic rings. The number of halogens is 15. The Hall–Kier alpha value is -3.78. The third-order valence-corrected chi connectivity index (χ3v) is 8.50. The van der Waals surface area contributed by atoms with Crippen LogP contribution < -0.4 is 10.6 Å². The van der Waals surface area contributed by atoms with Crippen molar-refractivity contribution in [3.8, 4) is 0 Å². The van der Waals surface area contributed by atoms with E-state index >= 15 is 0 Å². The van der Waals surface area contributed by atoms with Gasteiger partial charge in [0.2, 0.25) is 0 Å². The minimum Gasteiger partial charge on any atom is -0.278 e. The standard InChI is InChI=1S/C14H15P.3C6F5.Au/c1-15(2,13-9-5-3-6-10-13)14-11-7-4-8-12-14;3*7-2-1-3(8)5(10)6(11)4(2)9;/h3-12H,1H2,2H3;;;;/q;3*-1;+3. The predicted molar refractivity (Wildman–Crippen MR) is 146 cm³/mol. The molecule has 0 atom stereocenters. The van der Waals surface area contributed by atoms with E-state index in [0.29, 0.717) is 0 Å². The van der Waals surface area contributed by atoms with E-state index in [1.54, 1.807) is 0 Å². The minimum absolute atomic E-state index is 0. The van der Waals surface area contributed by atoms with E-state index in [1.807, 2.05) is 0 Å². The van der Waals surface area contributed by atoms with Crippen LogP contribution in [-0.4, -0.2) is 6.66 Å². The molecule has 0 aliphatic rings. The summed E-state index contributed by atoms with van der Waals surface area (Å²) in [7, 11) is -1.40. The van der Waals surface area contributed by atoms with E-state index in [4.69, 9.17) is 0 Å². The number of hydrogen-bond donors (Lipinski definition) is 0. The molecule has 0 bridgehead atoms. The molecule has 0 saturated heterocycles. The fraction of sp³-hybridized carbons (Fsp3) is 0.0312. The van der Waals surface area contributed by atoms with Crippen LogP contribution in [0.1, 0.15) is 0 Å². The minimum atomic E-state index is -2.17. The molecular weight excluding hydrogens is 897 g/mol. The van der Waals surface area contributed by atoms with E-state index < -0.39 is 94.5 Å². The zero-order valence-electron chi connectivity index (χ0n) is 23.9. The normalized spacial score (nSPS) is 10.4. The van der Waals surface area contributed by atoms with Gasteiger partial charge in [-0.25, -0.2) is 39.5 Å². The molecular formula is C32H15AuF15P. The molecule has 5 aromatic carbocycles. The maximum absolute atomic E-state index is 12.0. The van der Waals surface area contributed by atoms with Crippen LogP contribution in [0.3, 0.4) is 0 Å². The Morgan fingerprint density at radius 2 is 0.551 bits per heavy atom. The monoisotopic (exact) mass is 912 g/mol. The molecule has 0 N–H and O–H groups in total. The topological polar surface area (TPSA) is 0 Å². The van der Waals surface area contributed by atoms with E-state index in [-0.39, 0.29) is 22.4 Å². The van der Waals surface area contributed by atoms with Crippen LogP contribution in [0.5, 0.6) is 0 Å². The van der Waals surface area contributed by atoms with E-state index in [2.05, 4.69) is 74.0 Å². The Labute approximate surface area is 285 Å². The van der Waals surface area contributed by atoms with Gasteiger partial charge in [-0.15, -0.1) is 18.2 Å². The van der Waals surface area contributed by atoms with Gasteiger partial charge in [-0.05, 0) is 24.3 Å². The van der Waals surface area contributed by atoms with Gasteiger partial charge in [0.1, 0.15) is 0 Å². The van der Waals surface area contributed by atoms with E-state index in [9.17, 15) is 65.9 Å². The van der Waals surface area contributed by atoms with Crippen LogP contribution >= 0.6 is 7.26 Å². The molecule has 0 spiro atoms. The van der Waals surface area contributed by atoms with Crippen molar-refractivity contribution in [1.29, 1.82) is 0 Å². The molecule has 0 unspecified atom stereocenters. The van der Waals surface area contributed by atoms with Gasteiger partial charge in [0.05, 0.1) is 97.9 Å². The second-order valence-electron chi connectivity index (χ2n) is 8.95. The first-order valence-electron chi connectivity index (χ1n) is 12.4. The van der Waals surface area contributed by atoms with Crippen molar-refractivity contribution in [2.75, 3.05) is 6.66 Å². The van der Waals surface area contributed by atoms with Crippen LogP contribution in [0, 0.1) is 112 Å². The zero-order valence-corrected chi connectivity index (χ0v) is 27.0. The maximum Gasteiger partial charge on any atom is 3.00 e. The third-order valence-electron chi connectivity index (χ3n) is 5.62. The summed E-state index contributed by atoms with van der Waals surface area (Å²) in [6.45, 7) is 6.68. The van der Waals surface area contributed by atoms with Crippen molar-refractivity contribution in [2.45, 2.75) is 0 Å². The second kappa shape index (κ2) is 18.8. The van der Waals surface area contributed by atoms with Gasteiger partial charge in [0.15, 0.2) is 0 Å². The fourth-order valence-corrected chi connectivity index (χ4v) is 5.11. The van der Waals surface area contributed by atoms with Crippen LogP contribution in [0.15, 0.2) is 60.7 Å². The number of benzene rings is 5. The molecule has 0 fully saturated rings. The maximum atomic E-state index is 12.0. The van der Waals surface area contributed by atoms with Crippen LogP contribution in [0.2, 0.25) is 0 Å². The Balaban J connectivity index is 0.000000328. The summed E-state index contributed by atoms with van der Waals surface area (Å²) in [4.78, 5) is 0. The van der Waals surface area contributed by atoms with E-state index in [1.165, 1.54) is 10.6 Å². The molecule has 0 saturated carbocycles. The molecule has 5 rings (SSSR count). The molecule has 17 heteroatoms. The molecule has 0 aromatic heterocycles. The van der Waals surface area contributed by atoms with Gasteiger partial charge in [0.25, 0.3) is 0 Å². The second-order valence-corrected chi connectivity index (χ2v) is 12.4. The van der Waals surface area contributed by atoms with Crippen LogP contribution in [-0.2, 0) is 22.4 Å². The van der Waals surface area contributed by atoms with Crippen molar-refractivity contribution in [3.63, 3.8) is 0 Å². The Kier molecular flexibility index (Phi) is 16.6. The molecule has 0 heterocycles. The largest absolute Gasteiger partial charge is 3.00 e. The van der Waals surface area contributed by atoms with Gasteiger partial charge in [0, 0.05) is 6.66 Å². The number of rotatable bonds is 2. The smallest absolute Gasteiger partial charge is 0.278 e. The summed E-state index contributed by atoms with van der Waals surface area (Å²) in [5.41, 5.74) is 0. The first-order chi connectivity index (χ1) is 22.3. The first-order valence-corrected chi connectivity index (χ1v) is 14.8. The van der Waals surface area contributed by atoms with Crippen molar-refractivity contribution in [3.05, 3.63) is 173 Å². The predicted octanol–water partition coefficient (Wildman–Crippen LogP) is 9.62. The molecule has 0 amide bonds. The van der Waals surface area contributed by atoms with Gasteiger partial charge in [-0.2, -0.15) is 6.66 Å². The van der Waals surface area contributed by atoms with Gasteiger partial charge >= 0.3 is 22.4 Å². The van der Waals surface area contributed by atoms with Gasteiger partial charge in [-0.1, -0.05) is 43.7 Å². The summed E-state index contributed by atoms with van der Waals surface area (Å²) >= 11 is 0. The average Bonchev–Trinajstić information content (AvgIpc) is 3.08. The molecule has 49 heavy (non-hydrogen) atoms. The summed E-state index contributed by atoms with van der Waals surface area (Å²) in [6, 6.07) is 24.2. The van der Waals surface area contributed by atoms with Crippen molar-refractivity contribution >= 4 is 17.9 Å². The average molecular weight is 912 g/mol. The summed E-state index contributed by atoms with van der Waals surface area (Å²) in [6.07, 6.45) is 0. The van der Waals surface area contributed by atoms with Crippen LogP contribution in [0.4, 0.5) is 65.9 Å². The number of hydrogen-bond acceptors (Lipinski definition) is 0. The fourth-order valence-electron chi connectivity index (χ4n) is 3.15. The summed E-state index contributed by atoms with van der Waals surface area (Å²) < 4.78 is 180. The Bertz CT molecular complexity index is 1590. The molecule has 0 radical (unpaired) electrons. The molecule has 264 valence electrons. The summed E-state index contributed by atoms with van der Waals surface area (Å²) in [5.74, 6) is -30.1. The van der Waals surface area contributed by atoms with Gasteiger partial charge in [-0.3, -0.25) is 26.3 Å². The van der Waals surface area contributed by atoms with E-state index in [0.717, 1.165) is 18.2 Å². The molecule has 0 aliphatic carbocycles. The SMILES string of the molecule is Fc1[c-]c(F)c(F)c(F)c1F.Fc1[c-]c(F)c(F)c(F)c1F.Fc1[c-]c(F)c(F)c(F)c1F.[Au+3].[CH2-][P+](C)(c1ccccc1)c1ccccc1. The molecule has 0 nitrogen and oxygen atoms in total. The Morgan fingerprint density at radius 3 is 0.735 bits per heavy atom. The van der Waals surface area contributed by atoms with Crippen molar-refractivity contribution in [1.82, 2.24) is 0 Å². The summed E-state index contributed by atoms with van der Waals surface area (Å²) in [5, 5.41) is 2.72. The van der Waals surface area contributed by atoms with Crippen molar-refractivity contribution < 1.29 is 88.2 Å². The van der Waals surface area contributed by atoms with Crippen LogP contribution in [0.25, 0.3) is 0 Å². The third kappa shape index (κ3) is 11.1. The van der Waals surface area contributed by atoms with Crippen molar-refractivity contribution in [2.24, 2.45) is 0 Å². The first kappa shape index (κ1) is 43.2. The zero-order chi connectivity index (χ0) is 36.5. The quantitative estimate of drug-likeness (QED) is 0.0414. The molecule has 0 aliphatic heterocycles.